The fourth-order valence-corrected chi connectivity index (χ4v) is 2.57. The van der Waals surface area contributed by atoms with Crippen LogP contribution in [0.25, 0.3) is 0 Å². The van der Waals surface area contributed by atoms with Gasteiger partial charge in [-0.05, 0) is 63.2 Å². The molecular weight excluding hydrogens is 460 g/mol. The maximum absolute atomic E-state index is 12.5. The highest BCUT2D eigenvalue weighted by atomic mass is 16.5. The van der Waals surface area contributed by atoms with Crippen molar-refractivity contribution in [1.82, 2.24) is 0 Å². The maximum atomic E-state index is 12.5. The van der Waals surface area contributed by atoms with Gasteiger partial charge >= 0.3 is 5.97 Å². The molecule has 192 valence electrons. The SMILES string of the molecule is COc1ccc(C(=O)Nc2ccc(OCC(O)C[NH2+]C(C)(C)C)cc2)cc1OC.O=C([O-])C(=O)O. The van der Waals surface area contributed by atoms with E-state index in [0.717, 1.165) is 0 Å². The molecule has 0 aromatic heterocycles. The van der Waals surface area contributed by atoms with Crippen LogP contribution < -0.4 is 30.0 Å². The number of hydrogen-bond donors (Lipinski definition) is 4. The van der Waals surface area contributed by atoms with Crippen molar-refractivity contribution in [2.75, 3.05) is 32.7 Å². The van der Waals surface area contributed by atoms with Crippen molar-refractivity contribution in [3.63, 3.8) is 0 Å². The molecule has 0 bridgehead atoms. The molecule has 0 fully saturated rings. The molecule has 2 aromatic carbocycles. The minimum absolute atomic E-state index is 0.0642. The third kappa shape index (κ3) is 11.2. The lowest BCUT2D eigenvalue weighted by molar-refractivity contribution is -0.722. The van der Waals surface area contributed by atoms with Gasteiger partial charge in [0.1, 0.15) is 25.0 Å². The van der Waals surface area contributed by atoms with Crippen molar-refractivity contribution in [2.24, 2.45) is 0 Å². The molecule has 5 N–H and O–H groups in total. The summed E-state index contributed by atoms with van der Waals surface area (Å²) in [7, 11) is 3.07. The molecular formula is C24H32N2O9. The van der Waals surface area contributed by atoms with E-state index < -0.39 is 18.0 Å². The molecule has 2 aromatic rings. The number of methoxy groups -OCH3 is 2. The minimum atomic E-state index is -2.07. The van der Waals surface area contributed by atoms with Gasteiger partial charge in [0.25, 0.3) is 5.91 Å². The van der Waals surface area contributed by atoms with Crippen LogP contribution in [0, 0.1) is 0 Å². The number of rotatable bonds is 9. The van der Waals surface area contributed by atoms with E-state index in [1.165, 1.54) is 7.11 Å². The molecule has 0 radical (unpaired) electrons. The number of benzene rings is 2. The highest BCUT2D eigenvalue weighted by Crippen LogP contribution is 2.28. The lowest BCUT2D eigenvalue weighted by atomic mass is 10.1. The van der Waals surface area contributed by atoms with Gasteiger partial charge in [0.2, 0.25) is 0 Å². The molecule has 1 unspecified atom stereocenters. The van der Waals surface area contributed by atoms with Gasteiger partial charge in [0.15, 0.2) is 17.5 Å². The number of aliphatic hydroxyl groups excluding tert-OH is 1. The van der Waals surface area contributed by atoms with Gasteiger partial charge in [-0.15, -0.1) is 0 Å². The van der Waals surface area contributed by atoms with E-state index in [2.05, 4.69) is 31.4 Å². The fourth-order valence-electron chi connectivity index (χ4n) is 2.57. The second kappa shape index (κ2) is 13.8. The van der Waals surface area contributed by atoms with Crippen LogP contribution in [0.4, 0.5) is 5.69 Å². The Morgan fingerprint density at radius 2 is 1.60 bits per heavy atom. The summed E-state index contributed by atoms with van der Waals surface area (Å²) in [5.74, 6) is -2.58. The zero-order valence-corrected chi connectivity index (χ0v) is 20.4. The van der Waals surface area contributed by atoms with E-state index in [4.69, 9.17) is 34.0 Å². The minimum Gasteiger partial charge on any atom is -0.539 e. The first-order valence-corrected chi connectivity index (χ1v) is 10.6. The van der Waals surface area contributed by atoms with Gasteiger partial charge in [0.05, 0.1) is 19.8 Å². The zero-order valence-electron chi connectivity index (χ0n) is 20.4. The summed E-state index contributed by atoms with van der Waals surface area (Å²) in [5.41, 5.74) is 1.16. The summed E-state index contributed by atoms with van der Waals surface area (Å²) in [5, 5.41) is 31.2. The Hall–Kier alpha value is -3.83. The quantitative estimate of drug-likeness (QED) is 0.348. The van der Waals surface area contributed by atoms with E-state index in [9.17, 15) is 9.90 Å². The van der Waals surface area contributed by atoms with Crippen LogP contribution in [0.5, 0.6) is 17.2 Å². The predicted molar refractivity (Wildman–Crippen MR) is 125 cm³/mol. The Morgan fingerprint density at radius 3 is 2.09 bits per heavy atom. The standard InChI is InChI=1S/C22H30N2O5.C2H2O4/c1-22(2,3)23-13-17(25)14-29-18-9-7-16(8-10-18)24-21(26)15-6-11-19(27-4)20(12-15)28-5;3-1(4)2(5)6/h6-12,17,23,25H,13-14H2,1-5H3,(H,24,26);(H,3,4)(H,5,6). The van der Waals surface area contributed by atoms with Crippen LogP contribution in [0.2, 0.25) is 0 Å². The highest BCUT2D eigenvalue weighted by molar-refractivity contribution is 6.26. The van der Waals surface area contributed by atoms with Gasteiger partial charge < -0.3 is 45.0 Å². The number of carbonyl (C=O) groups excluding carboxylic acids is 2. The topological polar surface area (TPSA) is 171 Å². The van der Waals surface area contributed by atoms with E-state index in [0.29, 0.717) is 35.0 Å². The van der Waals surface area contributed by atoms with Crippen LogP contribution in [0.3, 0.4) is 0 Å². The highest BCUT2D eigenvalue weighted by Gasteiger charge is 2.16. The van der Waals surface area contributed by atoms with Crippen LogP contribution in [-0.4, -0.2) is 67.1 Å². The molecule has 2 rings (SSSR count). The van der Waals surface area contributed by atoms with Crippen LogP contribution in [-0.2, 0) is 9.59 Å². The van der Waals surface area contributed by atoms with Crippen molar-refractivity contribution in [1.29, 1.82) is 0 Å². The Balaban J connectivity index is 0.000000905. The predicted octanol–water partition coefficient (Wildman–Crippen LogP) is -0.121. The Bertz CT molecular complexity index is 973. The molecule has 35 heavy (non-hydrogen) atoms. The number of quaternary nitrogens is 1. The van der Waals surface area contributed by atoms with Gasteiger partial charge in [-0.3, -0.25) is 4.79 Å². The lowest BCUT2D eigenvalue weighted by Gasteiger charge is -2.19. The summed E-state index contributed by atoms with van der Waals surface area (Å²) in [6.07, 6.45) is -0.557. The summed E-state index contributed by atoms with van der Waals surface area (Å²) in [6, 6.07) is 12.0. The molecule has 0 spiro atoms. The molecule has 0 aliphatic carbocycles. The lowest BCUT2D eigenvalue weighted by Crippen LogP contribution is -2.96. The largest absolute Gasteiger partial charge is 0.539 e. The van der Waals surface area contributed by atoms with Gasteiger partial charge in [-0.25, -0.2) is 4.79 Å². The molecule has 1 amide bonds. The van der Waals surface area contributed by atoms with E-state index >= 15 is 0 Å². The second-order valence-electron chi connectivity index (χ2n) is 8.41. The third-order valence-corrected chi connectivity index (χ3v) is 4.38. The van der Waals surface area contributed by atoms with E-state index in [1.54, 1.807) is 49.6 Å². The smallest absolute Gasteiger partial charge is 0.351 e. The number of carboxylic acid groups (broad SMARTS) is 2. The molecule has 0 saturated carbocycles. The van der Waals surface area contributed by atoms with Crippen molar-refractivity contribution < 1.29 is 49.2 Å². The molecule has 0 saturated heterocycles. The Kier molecular flexibility index (Phi) is 11.5. The molecule has 0 heterocycles. The first-order chi connectivity index (χ1) is 16.4. The number of ether oxygens (including phenoxy) is 3. The average molecular weight is 493 g/mol. The number of aliphatic hydroxyl groups is 1. The number of amides is 1. The number of aliphatic carboxylic acids is 2. The first kappa shape index (κ1) is 29.2. The normalized spacial score (nSPS) is 11.4. The van der Waals surface area contributed by atoms with E-state index in [-0.39, 0.29) is 18.1 Å². The summed E-state index contributed by atoms with van der Waals surface area (Å²) >= 11 is 0. The average Bonchev–Trinajstić information content (AvgIpc) is 2.81. The monoisotopic (exact) mass is 492 g/mol. The van der Waals surface area contributed by atoms with E-state index in [1.807, 2.05) is 0 Å². The zero-order chi connectivity index (χ0) is 26.6. The summed E-state index contributed by atoms with van der Waals surface area (Å²) in [4.78, 5) is 30.5. The molecule has 11 heteroatoms. The van der Waals surface area contributed by atoms with Crippen LogP contribution in [0.15, 0.2) is 42.5 Å². The Morgan fingerprint density at radius 1 is 1.03 bits per heavy atom. The van der Waals surface area contributed by atoms with Crippen molar-refractivity contribution in [3.05, 3.63) is 48.0 Å². The van der Waals surface area contributed by atoms with Crippen molar-refractivity contribution in [3.8, 4) is 17.2 Å². The molecule has 0 aliphatic heterocycles. The van der Waals surface area contributed by atoms with Crippen molar-refractivity contribution in [2.45, 2.75) is 32.4 Å². The fraction of sp³-hybridized carbons (Fsp3) is 0.375. The molecule has 1 atom stereocenters. The maximum Gasteiger partial charge on any atom is 0.351 e. The van der Waals surface area contributed by atoms with Gasteiger partial charge in [-0.1, -0.05) is 0 Å². The van der Waals surface area contributed by atoms with Crippen molar-refractivity contribution >= 4 is 23.5 Å². The molecule has 0 aliphatic rings. The van der Waals surface area contributed by atoms with Gasteiger partial charge in [-0.2, -0.15) is 0 Å². The van der Waals surface area contributed by atoms with Crippen LogP contribution >= 0.6 is 0 Å². The second-order valence-corrected chi connectivity index (χ2v) is 8.41. The summed E-state index contributed by atoms with van der Waals surface area (Å²) in [6.45, 7) is 7.06. The van der Waals surface area contributed by atoms with Gasteiger partial charge in [0, 0.05) is 11.3 Å². The third-order valence-electron chi connectivity index (χ3n) is 4.38. The number of hydrogen-bond acceptors (Lipinski definition) is 8. The molecule has 11 nitrogen and oxygen atoms in total. The van der Waals surface area contributed by atoms with Crippen LogP contribution in [0.1, 0.15) is 31.1 Å². The number of anilines is 1. The number of carbonyl (C=O) groups is 3. The summed E-state index contributed by atoms with van der Waals surface area (Å²) < 4.78 is 16.0. The Labute approximate surface area is 203 Å². The number of nitrogens with two attached hydrogens (primary N) is 1. The first-order valence-electron chi connectivity index (χ1n) is 10.6. The number of nitrogens with one attached hydrogen (secondary N) is 1. The number of carboxylic acids is 2.